The zero-order chi connectivity index (χ0) is 18.1. The number of nitrogens with zero attached hydrogens (tertiary/aromatic N) is 3. The number of benzene rings is 1. The van der Waals surface area contributed by atoms with Crippen LogP contribution in [0, 0.1) is 0 Å². The lowest BCUT2D eigenvalue weighted by Crippen LogP contribution is -2.32. The molecule has 0 amide bonds. The second-order valence-electron chi connectivity index (χ2n) is 5.82. The van der Waals surface area contributed by atoms with Crippen LogP contribution < -0.4 is 0 Å². The lowest BCUT2D eigenvalue weighted by Gasteiger charge is -2.20. The molecule has 1 aromatic heterocycles. The summed E-state index contributed by atoms with van der Waals surface area (Å²) < 4.78 is 55.8. The van der Waals surface area contributed by atoms with Gasteiger partial charge in [0.1, 0.15) is 6.04 Å². The van der Waals surface area contributed by atoms with Gasteiger partial charge < -0.3 is 4.42 Å². The van der Waals surface area contributed by atoms with E-state index >= 15 is 0 Å². The van der Waals surface area contributed by atoms with Crippen LogP contribution in [0.3, 0.4) is 0 Å². The Labute approximate surface area is 146 Å². The average Bonchev–Trinajstić information content (AvgIpc) is 3.25. The van der Waals surface area contributed by atoms with E-state index in [-0.39, 0.29) is 17.4 Å². The first-order chi connectivity index (χ1) is 11.8. The topological polar surface area (TPSA) is 110 Å². The fourth-order valence-electron chi connectivity index (χ4n) is 2.82. The summed E-state index contributed by atoms with van der Waals surface area (Å²) in [6, 6.07) is 8.08. The van der Waals surface area contributed by atoms with E-state index in [9.17, 15) is 16.8 Å². The minimum atomic E-state index is -3.79. The molecule has 0 saturated carbocycles. The molecule has 0 unspecified atom stereocenters. The van der Waals surface area contributed by atoms with Crippen LogP contribution in [0.15, 0.2) is 40.0 Å². The molecule has 1 saturated heterocycles. The van der Waals surface area contributed by atoms with E-state index in [1.807, 2.05) is 0 Å². The molecule has 10 heteroatoms. The first-order valence-electron chi connectivity index (χ1n) is 7.93. The summed E-state index contributed by atoms with van der Waals surface area (Å²) in [5, 5.41) is 6.97. The van der Waals surface area contributed by atoms with Crippen molar-refractivity contribution in [2.45, 2.75) is 36.8 Å². The normalized spacial score (nSPS) is 19.3. The van der Waals surface area contributed by atoms with Crippen molar-refractivity contribution in [2.75, 3.05) is 12.3 Å². The molecule has 1 aromatic carbocycles. The molecule has 2 heterocycles. The van der Waals surface area contributed by atoms with Crippen molar-refractivity contribution in [2.24, 2.45) is 0 Å². The Balaban J connectivity index is 1.85. The van der Waals surface area contributed by atoms with Crippen molar-refractivity contribution in [1.82, 2.24) is 14.5 Å². The van der Waals surface area contributed by atoms with Crippen LogP contribution >= 0.6 is 0 Å². The maximum absolute atomic E-state index is 12.4. The van der Waals surface area contributed by atoms with Crippen molar-refractivity contribution >= 4 is 19.9 Å². The minimum Gasteiger partial charge on any atom is -0.411 e. The van der Waals surface area contributed by atoms with Gasteiger partial charge in [-0.1, -0.05) is 35.4 Å². The molecule has 0 aliphatic carbocycles. The lowest BCUT2D eigenvalue weighted by molar-refractivity contribution is 0.303. The molecule has 0 radical (unpaired) electrons. The number of sulfone groups is 1. The summed E-state index contributed by atoms with van der Waals surface area (Å²) in [5.41, 5.74) is 0.610. The van der Waals surface area contributed by atoms with Crippen LogP contribution in [-0.4, -0.2) is 43.6 Å². The van der Waals surface area contributed by atoms with Gasteiger partial charge in [-0.2, -0.15) is 4.31 Å². The maximum Gasteiger partial charge on any atom is 0.335 e. The van der Waals surface area contributed by atoms with Crippen LogP contribution in [0.1, 0.15) is 37.3 Å². The molecule has 1 aliphatic rings. The van der Waals surface area contributed by atoms with Gasteiger partial charge in [-0.25, -0.2) is 16.8 Å². The summed E-state index contributed by atoms with van der Waals surface area (Å²) in [6.07, 6.45) is 1.19. The quantitative estimate of drug-likeness (QED) is 0.741. The fourth-order valence-corrected chi connectivity index (χ4v) is 5.28. The molecule has 3 rings (SSSR count). The van der Waals surface area contributed by atoms with Crippen molar-refractivity contribution in [1.29, 1.82) is 0 Å². The van der Waals surface area contributed by atoms with Gasteiger partial charge in [0.25, 0.3) is 0 Å². The minimum absolute atomic E-state index is 0.0289. The highest BCUT2D eigenvalue weighted by atomic mass is 32.2. The monoisotopic (exact) mass is 385 g/mol. The van der Waals surface area contributed by atoms with Crippen molar-refractivity contribution in [3.05, 3.63) is 41.8 Å². The molecule has 1 atom stereocenters. The summed E-state index contributed by atoms with van der Waals surface area (Å²) in [7, 11) is -7.20. The predicted molar refractivity (Wildman–Crippen MR) is 89.8 cm³/mol. The van der Waals surface area contributed by atoms with Crippen LogP contribution in [0.25, 0.3) is 0 Å². The van der Waals surface area contributed by atoms with E-state index < -0.39 is 31.1 Å². The summed E-state index contributed by atoms with van der Waals surface area (Å²) in [4.78, 5) is 0. The van der Waals surface area contributed by atoms with Crippen LogP contribution in [-0.2, 0) is 25.6 Å². The fraction of sp³-hybridized carbons (Fsp3) is 0.467. The highest BCUT2D eigenvalue weighted by Gasteiger charge is 2.38. The van der Waals surface area contributed by atoms with Crippen molar-refractivity contribution in [3.8, 4) is 0 Å². The molecule has 136 valence electrons. The Hall–Kier alpha value is -1.78. The van der Waals surface area contributed by atoms with Gasteiger partial charge in [-0.15, -0.1) is 5.10 Å². The third kappa shape index (κ3) is 3.75. The molecular formula is C15H19N3O5S2. The molecule has 0 N–H and O–H groups in total. The van der Waals surface area contributed by atoms with Gasteiger partial charge in [0, 0.05) is 6.54 Å². The van der Waals surface area contributed by atoms with Crippen molar-refractivity contribution < 1.29 is 21.3 Å². The van der Waals surface area contributed by atoms with Gasteiger partial charge in [0.05, 0.1) is 11.5 Å². The van der Waals surface area contributed by atoms with Crippen LogP contribution in [0.2, 0.25) is 0 Å². The predicted octanol–water partition coefficient (Wildman–Crippen LogP) is 1.53. The number of hydrogen-bond acceptors (Lipinski definition) is 7. The molecule has 1 aliphatic heterocycles. The van der Waals surface area contributed by atoms with Gasteiger partial charge >= 0.3 is 5.22 Å². The SMILES string of the molecule is CCS(=O)(=O)N1CCC[C@H]1c1nnc(S(=O)(=O)Cc2ccccc2)o1. The van der Waals surface area contributed by atoms with E-state index in [0.717, 1.165) is 0 Å². The highest BCUT2D eigenvalue weighted by Crippen LogP contribution is 2.34. The largest absolute Gasteiger partial charge is 0.411 e. The number of rotatable bonds is 6. The number of sulfonamides is 1. The smallest absolute Gasteiger partial charge is 0.335 e. The van der Waals surface area contributed by atoms with Gasteiger partial charge in [-0.05, 0) is 25.3 Å². The third-order valence-corrected chi connectivity index (χ3v) is 7.39. The molecule has 8 nitrogen and oxygen atoms in total. The number of hydrogen-bond donors (Lipinski definition) is 0. The average molecular weight is 385 g/mol. The molecule has 25 heavy (non-hydrogen) atoms. The first-order valence-corrected chi connectivity index (χ1v) is 11.2. The maximum atomic E-state index is 12.4. The summed E-state index contributed by atoms with van der Waals surface area (Å²) >= 11 is 0. The Bertz CT molecular complexity index is 939. The molecule has 0 bridgehead atoms. The van der Waals surface area contributed by atoms with Gasteiger partial charge in [0.2, 0.25) is 25.8 Å². The lowest BCUT2D eigenvalue weighted by atomic mass is 10.2. The highest BCUT2D eigenvalue weighted by molar-refractivity contribution is 7.90. The molecular weight excluding hydrogens is 366 g/mol. The summed E-state index contributed by atoms with van der Waals surface area (Å²) in [5.74, 6) is -0.255. The molecule has 2 aromatic rings. The Morgan fingerprint density at radius 2 is 1.88 bits per heavy atom. The van der Waals surface area contributed by atoms with E-state index in [0.29, 0.717) is 24.9 Å². The zero-order valence-corrected chi connectivity index (χ0v) is 15.3. The van der Waals surface area contributed by atoms with Crippen LogP contribution in [0.5, 0.6) is 0 Å². The second kappa shape index (κ2) is 6.85. The van der Waals surface area contributed by atoms with E-state index in [2.05, 4.69) is 10.2 Å². The molecule has 1 fully saturated rings. The van der Waals surface area contributed by atoms with Crippen LogP contribution in [0.4, 0.5) is 0 Å². The third-order valence-electron chi connectivity index (χ3n) is 4.10. The summed E-state index contributed by atoms with van der Waals surface area (Å²) in [6.45, 7) is 1.93. The van der Waals surface area contributed by atoms with Gasteiger partial charge in [-0.3, -0.25) is 0 Å². The van der Waals surface area contributed by atoms with E-state index in [4.69, 9.17) is 4.42 Å². The number of aromatic nitrogens is 2. The van der Waals surface area contributed by atoms with E-state index in [1.165, 1.54) is 4.31 Å². The second-order valence-corrected chi connectivity index (χ2v) is 9.90. The Kier molecular flexibility index (Phi) is 4.94. The van der Waals surface area contributed by atoms with Crippen molar-refractivity contribution in [3.63, 3.8) is 0 Å². The molecule has 0 spiro atoms. The Morgan fingerprint density at radius 1 is 1.16 bits per heavy atom. The Morgan fingerprint density at radius 3 is 2.56 bits per heavy atom. The standard InChI is InChI=1S/C15H19N3O5S2/c1-2-25(21,22)18-10-6-9-13(18)14-16-17-15(23-14)24(19,20)11-12-7-4-3-5-8-12/h3-5,7-8,13H,2,6,9-11H2,1H3/t13-/m0/s1. The van der Waals surface area contributed by atoms with E-state index in [1.54, 1.807) is 37.3 Å². The first kappa shape index (κ1) is 18.0. The zero-order valence-electron chi connectivity index (χ0n) is 13.7. The van der Waals surface area contributed by atoms with Gasteiger partial charge in [0.15, 0.2) is 0 Å².